The number of nitrogens with zero attached hydrogens (tertiary/aromatic N) is 3. The van der Waals surface area contributed by atoms with Crippen LogP contribution in [0.15, 0.2) is 56.7 Å². The second-order valence-electron chi connectivity index (χ2n) is 4.86. The van der Waals surface area contributed by atoms with E-state index in [9.17, 15) is 4.79 Å². The maximum Gasteiger partial charge on any atom is 0.234 e. The topological polar surface area (TPSA) is 73.0 Å². The Morgan fingerprint density at radius 1 is 1.25 bits per heavy atom. The van der Waals surface area contributed by atoms with Crippen LogP contribution in [0.4, 0.5) is 5.69 Å². The van der Waals surface area contributed by atoms with Crippen molar-refractivity contribution in [2.24, 2.45) is 0 Å². The Morgan fingerprint density at radius 3 is 2.71 bits per heavy atom. The van der Waals surface area contributed by atoms with Crippen molar-refractivity contribution in [3.63, 3.8) is 0 Å². The Kier molecular flexibility index (Phi) is 5.37. The molecule has 0 fully saturated rings. The number of furan rings is 1. The molecule has 124 valence electrons. The number of amides is 1. The zero-order valence-electron chi connectivity index (χ0n) is 12.9. The number of nitrogens with one attached hydrogen (secondary N) is 1. The van der Waals surface area contributed by atoms with Gasteiger partial charge in [0.05, 0.1) is 5.75 Å². The number of thioether (sulfide) groups is 1. The fourth-order valence-corrected chi connectivity index (χ4v) is 3.25. The second-order valence-corrected chi connectivity index (χ2v) is 6.58. The van der Waals surface area contributed by atoms with E-state index in [0.29, 0.717) is 28.0 Å². The van der Waals surface area contributed by atoms with Crippen LogP contribution >= 0.6 is 27.7 Å². The van der Waals surface area contributed by atoms with E-state index in [1.807, 2.05) is 54.0 Å². The van der Waals surface area contributed by atoms with Crippen molar-refractivity contribution in [3.8, 4) is 11.6 Å². The van der Waals surface area contributed by atoms with Gasteiger partial charge in [-0.3, -0.25) is 9.36 Å². The van der Waals surface area contributed by atoms with Crippen molar-refractivity contribution < 1.29 is 9.21 Å². The van der Waals surface area contributed by atoms with Gasteiger partial charge in [-0.25, -0.2) is 0 Å². The third kappa shape index (κ3) is 3.88. The van der Waals surface area contributed by atoms with Crippen molar-refractivity contribution >= 4 is 39.3 Å². The fraction of sp³-hybridized carbons (Fsp3) is 0.188. The molecular formula is C16H15BrN4O2S. The number of hydrogen-bond donors (Lipinski definition) is 1. The Bertz CT molecular complexity index is 832. The summed E-state index contributed by atoms with van der Waals surface area (Å²) in [5.41, 5.74) is 0.779. The molecule has 3 aromatic rings. The summed E-state index contributed by atoms with van der Waals surface area (Å²) in [4.78, 5) is 12.1. The minimum atomic E-state index is -0.0841. The van der Waals surface area contributed by atoms with Crippen molar-refractivity contribution in [1.82, 2.24) is 14.8 Å². The third-order valence-electron chi connectivity index (χ3n) is 3.22. The van der Waals surface area contributed by atoms with Crippen LogP contribution in [0.1, 0.15) is 6.92 Å². The van der Waals surface area contributed by atoms with Gasteiger partial charge in [-0.1, -0.05) is 30.0 Å². The molecule has 0 aliphatic rings. The summed E-state index contributed by atoms with van der Waals surface area (Å²) >= 11 is 4.63. The molecule has 2 aromatic heterocycles. The van der Waals surface area contributed by atoms with Crippen LogP contribution in [0.3, 0.4) is 0 Å². The van der Waals surface area contributed by atoms with E-state index in [-0.39, 0.29) is 11.7 Å². The highest BCUT2D eigenvalue weighted by molar-refractivity contribution is 9.10. The molecule has 0 saturated carbocycles. The van der Waals surface area contributed by atoms with E-state index in [4.69, 9.17) is 4.42 Å². The first-order valence-electron chi connectivity index (χ1n) is 7.34. The van der Waals surface area contributed by atoms with Crippen LogP contribution in [-0.4, -0.2) is 26.4 Å². The van der Waals surface area contributed by atoms with E-state index in [0.717, 1.165) is 5.69 Å². The molecule has 0 spiro atoms. The molecule has 0 atom stereocenters. The van der Waals surface area contributed by atoms with Crippen LogP contribution < -0.4 is 5.32 Å². The van der Waals surface area contributed by atoms with Gasteiger partial charge in [-0.2, -0.15) is 0 Å². The van der Waals surface area contributed by atoms with E-state index in [2.05, 4.69) is 31.4 Å². The molecule has 6 nitrogen and oxygen atoms in total. The van der Waals surface area contributed by atoms with Crippen LogP contribution in [0.2, 0.25) is 0 Å². The largest absolute Gasteiger partial charge is 0.446 e. The number of para-hydroxylation sites is 1. The smallest absolute Gasteiger partial charge is 0.234 e. The van der Waals surface area contributed by atoms with Gasteiger partial charge in [-0.05, 0) is 47.1 Å². The predicted octanol–water partition coefficient (Wildman–Crippen LogP) is 4.05. The summed E-state index contributed by atoms with van der Waals surface area (Å²) in [5, 5.41) is 11.9. The molecule has 3 rings (SSSR count). The summed E-state index contributed by atoms with van der Waals surface area (Å²) in [6.45, 7) is 2.68. The van der Waals surface area contributed by atoms with Crippen molar-refractivity contribution in [1.29, 1.82) is 0 Å². The van der Waals surface area contributed by atoms with Crippen LogP contribution in [0.5, 0.6) is 0 Å². The zero-order chi connectivity index (χ0) is 16.9. The highest BCUT2D eigenvalue weighted by atomic mass is 79.9. The average Bonchev–Trinajstić information content (AvgIpc) is 3.19. The predicted molar refractivity (Wildman–Crippen MR) is 96.9 cm³/mol. The van der Waals surface area contributed by atoms with Crippen LogP contribution in [-0.2, 0) is 11.3 Å². The highest BCUT2D eigenvalue weighted by Crippen LogP contribution is 2.27. The Morgan fingerprint density at radius 2 is 2.04 bits per heavy atom. The maximum atomic E-state index is 12.1. The molecular weight excluding hydrogens is 392 g/mol. The first-order chi connectivity index (χ1) is 11.7. The van der Waals surface area contributed by atoms with Crippen molar-refractivity contribution in [3.05, 3.63) is 47.1 Å². The van der Waals surface area contributed by atoms with E-state index in [1.54, 1.807) is 0 Å². The molecule has 0 bridgehead atoms. The molecule has 24 heavy (non-hydrogen) atoms. The molecule has 0 radical (unpaired) electrons. The van der Waals surface area contributed by atoms with Crippen molar-refractivity contribution in [2.75, 3.05) is 11.1 Å². The van der Waals surface area contributed by atoms with Gasteiger partial charge in [0.1, 0.15) is 0 Å². The highest BCUT2D eigenvalue weighted by Gasteiger charge is 2.17. The third-order valence-corrected chi connectivity index (χ3v) is 4.61. The molecule has 8 heteroatoms. The first-order valence-corrected chi connectivity index (χ1v) is 9.12. The second kappa shape index (κ2) is 7.67. The molecule has 1 amide bonds. The number of carbonyl (C=O) groups excluding carboxylic acids is 1. The number of carbonyl (C=O) groups is 1. The maximum absolute atomic E-state index is 12.1. The monoisotopic (exact) mass is 406 g/mol. The van der Waals surface area contributed by atoms with Gasteiger partial charge >= 0.3 is 0 Å². The number of benzene rings is 1. The molecule has 1 aromatic carbocycles. The molecule has 0 saturated heterocycles. The lowest BCUT2D eigenvalue weighted by Gasteiger charge is -2.06. The number of aromatic nitrogens is 3. The lowest BCUT2D eigenvalue weighted by molar-refractivity contribution is -0.113. The minimum Gasteiger partial charge on any atom is -0.446 e. The summed E-state index contributed by atoms with van der Waals surface area (Å²) in [7, 11) is 0. The number of anilines is 1. The van der Waals surface area contributed by atoms with E-state index in [1.165, 1.54) is 11.8 Å². The molecule has 2 heterocycles. The fourth-order valence-electron chi connectivity index (χ4n) is 2.15. The van der Waals surface area contributed by atoms with E-state index < -0.39 is 0 Å². The van der Waals surface area contributed by atoms with Gasteiger partial charge in [0.25, 0.3) is 0 Å². The standard InChI is InChI=1S/C16H15BrN4O2S/c1-2-21-15(12-8-9-13(17)23-12)19-20-16(21)24-10-14(22)18-11-6-4-3-5-7-11/h3-9H,2,10H2,1H3,(H,18,22). The molecule has 1 N–H and O–H groups in total. The lowest BCUT2D eigenvalue weighted by atomic mass is 10.3. The summed E-state index contributed by atoms with van der Waals surface area (Å²) in [6.07, 6.45) is 0. The summed E-state index contributed by atoms with van der Waals surface area (Å²) < 4.78 is 8.10. The van der Waals surface area contributed by atoms with Crippen LogP contribution in [0, 0.1) is 0 Å². The van der Waals surface area contributed by atoms with Gasteiger partial charge in [0.2, 0.25) is 11.7 Å². The number of hydrogen-bond acceptors (Lipinski definition) is 5. The summed E-state index contributed by atoms with van der Waals surface area (Å²) in [5.74, 6) is 1.46. The Labute approximate surface area is 151 Å². The number of rotatable bonds is 6. The number of halogens is 1. The Balaban J connectivity index is 1.67. The molecule has 0 aliphatic heterocycles. The quantitative estimate of drug-likeness (QED) is 0.624. The first kappa shape index (κ1) is 16.8. The van der Waals surface area contributed by atoms with Gasteiger partial charge in [-0.15, -0.1) is 10.2 Å². The van der Waals surface area contributed by atoms with E-state index >= 15 is 0 Å². The summed E-state index contributed by atoms with van der Waals surface area (Å²) in [6, 6.07) is 13.0. The molecule has 0 aliphatic carbocycles. The zero-order valence-corrected chi connectivity index (χ0v) is 15.3. The van der Waals surface area contributed by atoms with Gasteiger partial charge in [0.15, 0.2) is 15.6 Å². The Hall–Kier alpha value is -2.06. The average molecular weight is 407 g/mol. The minimum absolute atomic E-state index is 0.0841. The normalized spacial score (nSPS) is 10.8. The SMILES string of the molecule is CCn1c(SCC(=O)Nc2ccccc2)nnc1-c1ccc(Br)o1. The van der Waals surface area contributed by atoms with Crippen LogP contribution in [0.25, 0.3) is 11.6 Å². The lowest BCUT2D eigenvalue weighted by Crippen LogP contribution is -2.14. The van der Waals surface area contributed by atoms with Gasteiger partial charge in [0, 0.05) is 12.2 Å². The molecule has 0 unspecified atom stereocenters. The van der Waals surface area contributed by atoms with Gasteiger partial charge < -0.3 is 9.73 Å². The van der Waals surface area contributed by atoms with Crippen molar-refractivity contribution in [2.45, 2.75) is 18.6 Å².